The van der Waals surface area contributed by atoms with E-state index in [0.717, 1.165) is 44.3 Å². The largest absolute Gasteiger partial charge is 0.343 e. The molecule has 1 aromatic heterocycles. The highest BCUT2D eigenvalue weighted by Crippen LogP contribution is 2.20. The lowest BCUT2D eigenvalue weighted by Crippen LogP contribution is -2.36. The van der Waals surface area contributed by atoms with Gasteiger partial charge in [-0.2, -0.15) is 0 Å². The molecule has 0 atom stereocenters. The maximum absolute atomic E-state index is 13.7. The summed E-state index contributed by atoms with van der Waals surface area (Å²) in [4.78, 5) is 18.1. The molecule has 4 heteroatoms. The molecule has 1 amide bonds. The maximum atomic E-state index is 13.7. The Morgan fingerprint density at radius 3 is 2.74 bits per heavy atom. The summed E-state index contributed by atoms with van der Waals surface area (Å²) in [6.07, 6.45) is 6.46. The third kappa shape index (κ3) is 3.95. The van der Waals surface area contributed by atoms with Crippen LogP contribution in [-0.2, 0) is 11.2 Å². The van der Waals surface area contributed by atoms with E-state index >= 15 is 0 Å². The lowest BCUT2D eigenvalue weighted by Gasteiger charge is -2.26. The number of halogens is 1. The molecule has 2 aromatic rings. The molecule has 1 fully saturated rings. The van der Waals surface area contributed by atoms with Crippen LogP contribution in [0.4, 0.5) is 4.39 Å². The van der Waals surface area contributed by atoms with Gasteiger partial charge in [0.05, 0.1) is 5.69 Å². The van der Waals surface area contributed by atoms with Gasteiger partial charge in [0.2, 0.25) is 5.91 Å². The van der Waals surface area contributed by atoms with Crippen LogP contribution in [0.3, 0.4) is 0 Å². The average Bonchev–Trinajstić information content (AvgIpc) is 2.58. The summed E-state index contributed by atoms with van der Waals surface area (Å²) in [5.41, 5.74) is 2.30. The predicted octanol–water partition coefficient (Wildman–Crippen LogP) is 3.83. The molecular formula is C19H21FN2O. The number of nitrogens with zero attached hydrogens (tertiary/aromatic N) is 2. The molecule has 1 aromatic carbocycles. The van der Waals surface area contributed by atoms with Gasteiger partial charge in [0.15, 0.2) is 0 Å². The first-order valence-electron chi connectivity index (χ1n) is 8.21. The van der Waals surface area contributed by atoms with E-state index in [1.807, 2.05) is 23.1 Å². The van der Waals surface area contributed by atoms with Gasteiger partial charge in [-0.1, -0.05) is 18.2 Å². The zero-order valence-electron chi connectivity index (χ0n) is 13.2. The van der Waals surface area contributed by atoms with Crippen LogP contribution in [0.5, 0.6) is 0 Å². The quantitative estimate of drug-likeness (QED) is 0.840. The fourth-order valence-electron chi connectivity index (χ4n) is 2.97. The van der Waals surface area contributed by atoms with Gasteiger partial charge in [-0.15, -0.1) is 0 Å². The van der Waals surface area contributed by atoms with Gasteiger partial charge in [0.1, 0.15) is 5.82 Å². The number of aryl methyl sites for hydroxylation is 1. The first-order valence-corrected chi connectivity index (χ1v) is 8.21. The zero-order valence-corrected chi connectivity index (χ0v) is 13.2. The van der Waals surface area contributed by atoms with Crippen molar-refractivity contribution in [2.75, 3.05) is 13.1 Å². The highest BCUT2D eigenvalue weighted by Gasteiger charge is 2.17. The molecule has 23 heavy (non-hydrogen) atoms. The van der Waals surface area contributed by atoms with E-state index < -0.39 is 0 Å². The predicted molar refractivity (Wildman–Crippen MR) is 88.4 cm³/mol. The molecule has 2 heterocycles. The van der Waals surface area contributed by atoms with Crippen molar-refractivity contribution in [2.24, 2.45) is 0 Å². The van der Waals surface area contributed by atoms with Crippen molar-refractivity contribution in [3.05, 3.63) is 54.0 Å². The summed E-state index contributed by atoms with van der Waals surface area (Å²) < 4.78 is 13.7. The highest BCUT2D eigenvalue weighted by molar-refractivity contribution is 5.76. The number of piperidine rings is 1. The molecule has 1 aliphatic rings. The number of aromatic nitrogens is 1. The van der Waals surface area contributed by atoms with E-state index in [-0.39, 0.29) is 11.7 Å². The van der Waals surface area contributed by atoms with Crippen LogP contribution in [0.25, 0.3) is 11.3 Å². The second-order valence-electron chi connectivity index (χ2n) is 5.97. The summed E-state index contributed by atoms with van der Waals surface area (Å²) in [7, 11) is 0. The SMILES string of the molecule is O=C1CCCCN1CCCc1ccc(-c2ccccc2F)nc1. The first-order chi connectivity index (χ1) is 11.2. The summed E-state index contributed by atoms with van der Waals surface area (Å²) in [5, 5.41) is 0. The van der Waals surface area contributed by atoms with Gasteiger partial charge in [-0.3, -0.25) is 9.78 Å². The Bertz CT molecular complexity index is 669. The fraction of sp³-hybridized carbons (Fsp3) is 0.368. The molecule has 0 N–H and O–H groups in total. The smallest absolute Gasteiger partial charge is 0.222 e. The topological polar surface area (TPSA) is 33.2 Å². The van der Waals surface area contributed by atoms with E-state index in [4.69, 9.17) is 0 Å². The number of carbonyl (C=O) groups excluding carboxylic acids is 1. The minimum atomic E-state index is -0.253. The van der Waals surface area contributed by atoms with Gasteiger partial charge in [-0.05, 0) is 49.4 Å². The minimum absolute atomic E-state index is 0.253. The third-order valence-corrected chi connectivity index (χ3v) is 4.29. The highest BCUT2D eigenvalue weighted by atomic mass is 19.1. The number of benzene rings is 1. The molecule has 1 aliphatic heterocycles. The molecule has 0 aliphatic carbocycles. The number of amides is 1. The number of rotatable bonds is 5. The zero-order chi connectivity index (χ0) is 16.1. The van der Waals surface area contributed by atoms with Crippen LogP contribution in [0, 0.1) is 5.82 Å². The van der Waals surface area contributed by atoms with Crippen molar-refractivity contribution in [1.82, 2.24) is 9.88 Å². The Balaban J connectivity index is 1.56. The lowest BCUT2D eigenvalue weighted by atomic mass is 10.1. The van der Waals surface area contributed by atoms with Crippen LogP contribution in [0.15, 0.2) is 42.6 Å². The maximum Gasteiger partial charge on any atom is 0.222 e. The normalized spacial score (nSPS) is 15.0. The van der Waals surface area contributed by atoms with E-state index in [9.17, 15) is 9.18 Å². The Labute approximate surface area is 136 Å². The summed E-state index contributed by atoms with van der Waals surface area (Å²) in [6.45, 7) is 1.71. The van der Waals surface area contributed by atoms with Crippen LogP contribution in [0.2, 0.25) is 0 Å². The van der Waals surface area contributed by atoms with Crippen molar-refractivity contribution in [3.8, 4) is 11.3 Å². The van der Waals surface area contributed by atoms with Gasteiger partial charge in [-0.25, -0.2) is 4.39 Å². The molecule has 1 saturated heterocycles. The van der Waals surface area contributed by atoms with E-state index in [1.54, 1.807) is 18.3 Å². The second-order valence-corrected chi connectivity index (χ2v) is 5.97. The van der Waals surface area contributed by atoms with Crippen molar-refractivity contribution in [1.29, 1.82) is 0 Å². The molecule has 3 nitrogen and oxygen atoms in total. The minimum Gasteiger partial charge on any atom is -0.343 e. The lowest BCUT2D eigenvalue weighted by molar-refractivity contribution is -0.133. The van der Waals surface area contributed by atoms with Crippen molar-refractivity contribution >= 4 is 5.91 Å². The van der Waals surface area contributed by atoms with Crippen LogP contribution >= 0.6 is 0 Å². The molecule has 0 saturated carbocycles. The second kappa shape index (κ2) is 7.36. The number of hydrogen-bond donors (Lipinski definition) is 0. The standard InChI is InChI=1S/C19H21FN2O/c20-17-8-2-1-7-16(17)18-11-10-15(14-21-18)6-5-13-22-12-4-3-9-19(22)23/h1-2,7-8,10-11,14H,3-6,9,12-13H2. The summed E-state index contributed by atoms with van der Waals surface area (Å²) in [6, 6.07) is 10.5. The van der Waals surface area contributed by atoms with E-state index in [1.165, 1.54) is 6.07 Å². The molecule has 0 spiro atoms. The van der Waals surface area contributed by atoms with Gasteiger partial charge < -0.3 is 4.90 Å². The monoisotopic (exact) mass is 312 g/mol. The van der Waals surface area contributed by atoms with Crippen LogP contribution in [0.1, 0.15) is 31.2 Å². The number of pyridine rings is 1. The van der Waals surface area contributed by atoms with Crippen molar-refractivity contribution in [2.45, 2.75) is 32.1 Å². The molecule has 0 bridgehead atoms. The molecule has 0 radical (unpaired) electrons. The number of hydrogen-bond acceptors (Lipinski definition) is 2. The number of carbonyl (C=O) groups is 1. The Morgan fingerprint density at radius 1 is 1.13 bits per heavy atom. The van der Waals surface area contributed by atoms with E-state index in [0.29, 0.717) is 17.7 Å². The number of likely N-dealkylation sites (tertiary alicyclic amines) is 1. The average molecular weight is 312 g/mol. The van der Waals surface area contributed by atoms with Crippen molar-refractivity contribution < 1.29 is 9.18 Å². The van der Waals surface area contributed by atoms with Crippen molar-refractivity contribution in [3.63, 3.8) is 0 Å². The van der Waals surface area contributed by atoms with Crippen LogP contribution in [-0.4, -0.2) is 28.9 Å². The Kier molecular flexibility index (Phi) is 5.01. The Morgan fingerprint density at radius 2 is 2.00 bits per heavy atom. The Hall–Kier alpha value is -2.23. The van der Waals surface area contributed by atoms with Gasteiger partial charge in [0.25, 0.3) is 0 Å². The van der Waals surface area contributed by atoms with Gasteiger partial charge >= 0.3 is 0 Å². The molecule has 3 rings (SSSR count). The summed E-state index contributed by atoms with van der Waals surface area (Å²) in [5.74, 6) is 0.0284. The fourth-order valence-corrected chi connectivity index (χ4v) is 2.97. The van der Waals surface area contributed by atoms with Crippen LogP contribution < -0.4 is 0 Å². The first kappa shape index (κ1) is 15.7. The third-order valence-electron chi connectivity index (χ3n) is 4.29. The van der Waals surface area contributed by atoms with Gasteiger partial charge in [0, 0.05) is 31.3 Å². The molecule has 120 valence electrons. The molecule has 0 unspecified atom stereocenters. The molecular weight excluding hydrogens is 291 g/mol. The summed E-state index contributed by atoms with van der Waals surface area (Å²) >= 11 is 0. The van der Waals surface area contributed by atoms with E-state index in [2.05, 4.69) is 4.98 Å².